The molecule has 0 bridgehead atoms. The molecule has 2 fully saturated rings. The minimum Gasteiger partial charge on any atom is -0.379 e. The fourth-order valence-corrected chi connectivity index (χ4v) is 4.51. The molecule has 0 aliphatic carbocycles. The zero-order chi connectivity index (χ0) is 20.3. The van der Waals surface area contributed by atoms with Crippen molar-refractivity contribution in [2.75, 3.05) is 70.7 Å². The Morgan fingerprint density at radius 2 is 1.80 bits per heavy atom. The summed E-state index contributed by atoms with van der Waals surface area (Å²) in [5.74, 6) is 0. The van der Waals surface area contributed by atoms with Crippen molar-refractivity contribution < 1.29 is 9.47 Å². The molecule has 1 unspecified atom stereocenters. The number of ether oxygens (including phenoxy) is 2. The van der Waals surface area contributed by atoms with Crippen LogP contribution in [0.4, 0.5) is 5.69 Å². The first-order chi connectivity index (χ1) is 14.8. The van der Waals surface area contributed by atoms with Gasteiger partial charge in [-0.25, -0.2) is 10.4 Å². The van der Waals surface area contributed by atoms with Crippen LogP contribution in [0.25, 0.3) is 5.70 Å². The molecule has 1 aromatic rings. The van der Waals surface area contributed by atoms with E-state index in [4.69, 9.17) is 21.1 Å². The molecule has 8 nitrogen and oxygen atoms in total. The number of aliphatic imine (C=N–C) groups is 1. The van der Waals surface area contributed by atoms with Crippen molar-refractivity contribution in [1.29, 1.82) is 0 Å². The molecule has 1 atom stereocenters. The number of morpholine rings is 2. The van der Waals surface area contributed by atoms with Crippen molar-refractivity contribution in [3.63, 3.8) is 0 Å². The van der Waals surface area contributed by atoms with Crippen molar-refractivity contribution in [1.82, 2.24) is 20.5 Å². The van der Waals surface area contributed by atoms with E-state index in [0.29, 0.717) is 5.17 Å². The van der Waals surface area contributed by atoms with Gasteiger partial charge < -0.3 is 19.8 Å². The zero-order valence-corrected chi connectivity index (χ0v) is 17.9. The second kappa shape index (κ2) is 9.21. The van der Waals surface area contributed by atoms with Crippen LogP contribution in [0, 0.1) is 0 Å². The standard InChI is InChI=1S/C21H29ClN6O2/c22-20-14-18(24-21(25-20)27-7-11-30-12-8-27)16-1-2-17-15-23-28(19(17)13-16)4-3-26-5-9-29-10-6-26/h1-2,13-14,21,23-24H,3-12,15H2. The first-order valence-electron chi connectivity index (χ1n) is 10.7. The smallest absolute Gasteiger partial charge is 0.178 e. The van der Waals surface area contributed by atoms with Gasteiger partial charge in [-0.2, -0.15) is 0 Å². The quantitative estimate of drug-likeness (QED) is 0.720. The number of hydrogen-bond acceptors (Lipinski definition) is 8. The molecule has 4 aliphatic rings. The summed E-state index contributed by atoms with van der Waals surface area (Å²) >= 11 is 6.39. The Kier molecular flexibility index (Phi) is 6.22. The van der Waals surface area contributed by atoms with Gasteiger partial charge in [-0.05, 0) is 23.3 Å². The molecule has 0 saturated carbocycles. The Hall–Kier alpha value is -1.68. The predicted molar refractivity (Wildman–Crippen MR) is 118 cm³/mol. The number of halogens is 1. The summed E-state index contributed by atoms with van der Waals surface area (Å²) in [4.78, 5) is 9.30. The van der Waals surface area contributed by atoms with E-state index in [0.717, 1.165) is 83.5 Å². The third kappa shape index (κ3) is 4.49. The fraction of sp³-hybridized carbons (Fsp3) is 0.571. The predicted octanol–water partition coefficient (Wildman–Crippen LogP) is 1.04. The highest BCUT2D eigenvalue weighted by Gasteiger charge is 2.26. The van der Waals surface area contributed by atoms with Crippen LogP contribution in [0.3, 0.4) is 0 Å². The van der Waals surface area contributed by atoms with Crippen LogP contribution in [0.1, 0.15) is 11.1 Å². The van der Waals surface area contributed by atoms with E-state index in [1.807, 2.05) is 6.08 Å². The maximum atomic E-state index is 6.39. The lowest BCUT2D eigenvalue weighted by atomic mass is 10.1. The maximum absolute atomic E-state index is 6.39. The Morgan fingerprint density at radius 3 is 2.60 bits per heavy atom. The summed E-state index contributed by atoms with van der Waals surface area (Å²) in [5, 5.41) is 6.36. The lowest BCUT2D eigenvalue weighted by Gasteiger charge is -2.35. The Bertz CT molecular complexity index is 820. The average molecular weight is 433 g/mol. The number of allylic oxidation sites excluding steroid dienone is 1. The molecule has 2 N–H and O–H groups in total. The van der Waals surface area contributed by atoms with Crippen molar-refractivity contribution in [3.05, 3.63) is 35.4 Å². The highest BCUT2D eigenvalue weighted by molar-refractivity contribution is 6.69. The summed E-state index contributed by atoms with van der Waals surface area (Å²) < 4.78 is 10.9. The van der Waals surface area contributed by atoms with Crippen LogP contribution < -0.4 is 15.8 Å². The van der Waals surface area contributed by atoms with Crippen LogP contribution >= 0.6 is 11.6 Å². The molecule has 4 heterocycles. The summed E-state index contributed by atoms with van der Waals surface area (Å²) in [7, 11) is 0. The summed E-state index contributed by atoms with van der Waals surface area (Å²) in [6, 6.07) is 6.62. The molecule has 2 saturated heterocycles. The van der Waals surface area contributed by atoms with E-state index in [1.165, 1.54) is 11.3 Å². The summed E-state index contributed by atoms with van der Waals surface area (Å²) in [6.07, 6.45) is 1.77. The van der Waals surface area contributed by atoms with Crippen molar-refractivity contribution in [3.8, 4) is 0 Å². The Balaban J connectivity index is 1.29. The average Bonchev–Trinajstić information content (AvgIpc) is 3.21. The lowest BCUT2D eigenvalue weighted by Crippen LogP contribution is -2.50. The Labute approximate surface area is 182 Å². The van der Waals surface area contributed by atoms with Gasteiger partial charge in [0.25, 0.3) is 0 Å². The van der Waals surface area contributed by atoms with Crippen LogP contribution in [0.5, 0.6) is 0 Å². The highest BCUT2D eigenvalue weighted by Crippen LogP contribution is 2.29. The second-order valence-corrected chi connectivity index (χ2v) is 8.35. The molecule has 30 heavy (non-hydrogen) atoms. The molecule has 0 radical (unpaired) electrons. The summed E-state index contributed by atoms with van der Waals surface area (Å²) in [5.41, 5.74) is 8.22. The van der Waals surface area contributed by atoms with E-state index < -0.39 is 0 Å². The van der Waals surface area contributed by atoms with Gasteiger partial charge in [-0.15, -0.1) is 0 Å². The van der Waals surface area contributed by atoms with E-state index in [9.17, 15) is 0 Å². The number of rotatable bonds is 5. The van der Waals surface area contributed by atoms with Gasteiger partial charge in [0.05, 0.1) is 32.1 Å². The molecule has 0 aromatic heterocycles. The van der Waals surface area contributed by atoms with Gasteiger partial charge in [0.1, 0.15) is 5.17 Å². The van der Waals surface area contributed by atoms with E-state index in [2.05, 4.69) is 48.7 Å². The highest BCUT2D eigenvalue weighted by atomic mass is 35.5. The van der Waals surface area contributed by atoms with Gasteiger partial charge in [-0.1, -0.05) is 23.7 Å². The van der Waals surface area contributed by atoms with Crippen molar-refractivity contribution >= 4 is 28.2 Å². The molecule has 4 aliphatic heterocycles. The van der Waals surface area contributed by atoms with Gasteiger partial charge in [-0.3, -0.25) is 9.80 Å². The lowest BCUT2D eigenvalue weighted by molar-refractivity contribution is 0.0145. The van der Waals surface area contributed by atoms with Crippen molar-refractivity contribution in [2.24, 2.45) is 4.99 Å². The molecule has 5 rings (SSSR count). The number of benzene rings is 1. The Morgan fingerprint density at radius 1 is 1.03 bits per heavy atom. The molecule has 0 amide bonds. The number of hydrogen-bond donors (Lipinski definition) is 2. The van der Waals surface area contributed by atoms with E-state index >= 15 is 0 Å². The monoisotopic (exact) mass is 432 g/mol. The zero-order valence-electron chi connectivity index (χ0n) is 17.1. The number of anilines is 1. The SMILES string of the molecule is ClC1=NC(N2CCOCC2)NC(c2ccc3c(c2)N(CCN2CCOCC2)NC3)=C1. The van der Waals surface area contributed by atoms with Crippen LogP contribution in [-0.4, -0.2) is 87.0 Å². The molecule has 0 spiro atoms. The van der Waals surface area contributed by atoms with Gasteiger partial charge >= 0.3 is 0 Å². The number of nitrogens with zero attached hydrogens (tertiary/aromatic N) is 4. The van der Waals surface area contributed by atoms with Gasteiger partial charge in [0, 0.05) is 51.5 Å². The van der Waals surface area contributed by atoms with Crippen LogP contribution in [0.2, 0.25) is 0 Å². The van der Waals surface area contributed by atoms with Crippen LogP contribution in [0.15, 0.2) is 29.3 Å². The number of nitrogens with one attached hydrogen (secondary N) is 2. The normalized spacial score (nSPS) is 25.5. The first-order valence-corrected chi connectivity index (χ1v) is 11.1. The molecule has 1 aromatic carbocycles. The minimum absolute atomic E-state index is 0.148. The summed E-state index contributed by atoms with van der Waals surface area (Å²) in [6.45, 7) is 9.69. The molecular formula is C21H29ClN6O2. The molecule has 162 valence electrons. The van der Waals surface area contributed by atoms with Crippen LogP contribution in [-0.2, 0) is 16.0 Å². The maximum Gasteiger partial charge on any atom is 0.178 e. The number of fused-ring (bicyclic) bond motifs is 1. The van der Waals surface area contributed by atoms with Gasteiger partial charge in [0.15, 0.2) is 6.29 Å². The van der Waals surface area contributed by atoms with E-state index in [-0.39, 0.29) is 6.29 Å². The molecule has 9 heteroatoms. The largest absolute Gasteiger partial charge is 0.379 e. The first kappa shape index (κ1) is 20.2. The molecular weight excluding hydrogens is 404 g/mol. The minimum atomic E-state index is -0.148. The van der Waals surface area contributed by atoms with Crippen molar-refractivity contribution in [2.45, 2.75) is 12.8 Å². The van der Waals surface area contributed by atoms with E-state index in [1.54, 1.807) is 0 Å². The third-order valence-corrected chi connectivity index (χ3v) is 6.28. The van der Waals surface area contributed by atoms with Gasteiger partial charge in [0.2, 0.25) is 0 Å². The second-order valence-electron chi connectivity index (χ2n) is 7.96. The number of hydrazine groups is 1. The fourth-order valence-electron chi connectivity index (χ4n) is 4.31. The third-order valence-electron chi connectivity index (χ3n) is 6.08. The topological polar surface area (TPSA) is 64.6 Å².